The maximum absolute atomic E-state index is 5.88. The van der Waals surface area contributed by atoms with Crippen LogP contribution in [0.4, 0.5) is 0 Å². The Labute approximate surface area is 124 Å². The van der Waals surface area contributed by atoms with Gasteiger partial charge in [0.25, 0.3) is 0 Å². The number of hydrogen-bond acceptors (Lipinski definition) is 5. The van der Waals surface area contributed by atoms with Crippen molar-refractivity contribution in [3.8, 4) is 0 Å². The highest BCUT2D eigenvalue weighted by molar-refractivity contribution is 5.85. The van der Waals surface area contributed by atoms with Crippen LogP contribution in [0.15, 0.2) is 34.9 Å². The molecule has 0 amide bonds. The number of rotatable bonds is 4. The van der Waals surface area contributed by atoms with Gasteiger partial charge in [-0.1, -0.05) is 35.5 Å². The zero-order chi connectivity index (χ0) is 13.1. The van der Waals surface area contributed by atoms with Gasteiger partial charge in [0, 0.05) is 25.6 Å². The SMILES string of the molecule is Cl.N[C@@H]1CCN(Cc2nc(Cc3ccccc3)no2)C1. The number of likely N-dealkylation sites (tertiary alicyclic amines) is 1. The van der Waals surface area contributed by atoms with Gasteiger partial charge in [0.2, 0.25) is 5.89 Å². The van der Waals surface area contributed by atoms with E-state index in [0.717, 1.165) is 25.3 Å². The summed E-state index contributed by atoms with van der Waals surface area (Å²) in [7, 11) is 0. The Kier molecular flexibility index (Phi) is 5.11. The highest BCUT2D eigenvalue weighted by Crippen LogP contribution is 2.12. The molecular weight excluding hydrogens is 276 g/mol. The van der Waals surface area contributed by atoms with Crippen molar-refractivity contribution in [3.05, 3.63) is 47.6 Å². The molecule has 20 heavy (non-hydrogen) atoms. The molecule has 1 fully saturated rings. The fraction of sp³-hybridized carbons (Fsp3) is 0.429. The summed E-state index contributed by atoms with van der Waals surface area (Å²) in [5.74, 6) is 1.42. The molecule has 0 unspecified atom stereocenters. The number of hydrogen-bond donors (Lipinski definition) is 1. The van der Waals surface area contributed by atoms with E-state index in [1.807, 2.05) is 18.2 Å². The molecule has 1 aliphatic heterocycles. The Balaban J connectivity index is 0.00000147. The summed E-state index contributed by atoms with van der Waals surface area (Å²) in [6.45, 7) is 2.63. The number of benzene rings is 1. The van der Waals surface area contributed by atoms with Crippen LogP contribution in [0.1, 0.15) is 23.7 Å². The molecule has 1 aromatic carbocycles. The molecule has 0 radical (unpaired) electrons. The third-order valence-electron chi connectivity index (χ3n) is 3.38. The average Bonchev–Trinajstić information content (AvgIpc) is 3.01. The first-order valence-electron chi connectivity index (χ1n) is 6.63. The van der Waals surface area contributed by atoms with Crippen LogP contribution in [0.3, 0.4) is 0 Å². The molecular formula is C14H19ClN4O. The van der Waals surface area contributed by atoms with Crippen molar-refractivity contribution in [2.45, 2.75) is 25.4 Å². The maximum Gasteiger partial charge on any atom is 0.240 e. The average molecular weight is 295 g/mol. The summed E-state index contributed by atoms with van der Waals surface area (Å²) in [6, 6.07) is 10.4. The number of aromatic nitrogens is 2. The molecule has 1 aromatic heterocycles. The standard InChI is InChI=1S/C14H18N4O.ClH/c15-12-6-7-18(9-12)10-14-16-13(17-19-14)8-11-4-2-1-3-5-11;/h1-5,12H,6-10,15H2;1H/t12-;/m1./s1. The third-order valence-corrected chi connectivity index (χ3v) is 3.38. The van der Waals surface area contributed by atoms with Crippen molar-refractivity contribution in [1.29, 1.82) is 0 Å². The van der Waals surface area contributed by atoms with Crippen LogP contribution in [0.5, 0.6) is 0 Å². The molecule has 2 aromatic rings. The van der Waals surface area contributed by atoms with Crippen LogP contribution in [0.25, 0.3) is 0 Å². The second-order valence-corrected chi connectivity index (χ2v) is 5.05. The van der Waals surface area contributed by atoms with Gasteiger partial charge in [0.15, 0.2) is 5.82 Å². The van der Waals surface area contributed by atoms with Gasteiger partial charge in [-0.05, 0) is 12.0 Å². The van der Waals surface area contributed by atoms with E-state index in [1.165, 1.54) is 5.56 Å². The highest BCUT2D eigenvalue weighted by atomic mass is 35.5. The predicted octanol–water partition coefficient (Wildman–Crippen LogP) is 1.62. The van der Waals surface area contributed by atoms with Gasteiger partial charge in [-0.15, -0.1) is 12.4 Å². The maximum atomic E-state index is 5.88. The van der Waals surface area contributed by atoms with Crippen molar-refractivity contribution in [3.63, 3.8) is 0 Å². The summed E-state index contributed by atoms with van der Waals surface area (Å²) in [5, 5.41) is 4.03. The van der Waals surface area contributed by atoms with Gasteiger partial charge in [-0.3, -0.25) is 4.90 Å². The minimum absolute atomic E-state index is 0. The Morgan fingerprint density at radius 1 is 1.30 bits per heavy atom. The van der Waals surface area contributed by atoms with Crippen molar-refractivity contribution < 1.29 is 4.52 Å². The van der Waals surface area contributed by atoms with Crippen LogP contribution < -0.4 is 5.73 Å². The summed E-state index contributed by atoms with van der Waals surface area (Å²) in [4.78, 5) is 6.69. The van der Waals surface area contributed by atoms with Crippen molar-refractivity contribution in [2.24, 2.45) is 5.73 Å². The molecule has 2 heterocycles. The Bertz CT molecular complexity index is 531. The van der Waals surface area contributed by atoms with E-state index in [9.17, 15) is 0 Å². The first-order valence-corrected chi connectivity index (χ1v) is 6.63. The molecule has 0 saturated carbocycles. The third kappa shape index (κ3) is 3.79. The van der Waals surface area contributed by atoms with Gasteiger partial charge < -0.3 is 10.3 Å². The quantitative estimate of drug-likeness (QED) is 0.928. The van der Waals surface area contributed by atoms with Gasteiger partial charge in [-0.2, -0.15) is 4.98 Å². The van der Waals surface area contributed by atoms with Crippen molar-refractivity contribution >= 4 is 12.4 Å². The van der Waals surface area contributed by atoms with Crippen LogP contribution >= 0.6 is 12.4 Å². The molecule has 5 nitrogen and oxygen atoms in total. The lowest BCUT2D eigenvalue weighted by atomic mass is 10.1. The fourth-order valence-electron chi connectivity index (χ4n) is 2.40. The minimum Gasteiger partial charge on any atom is -0.338 e. The molecule has 2 N–H and O–H groups in total. The molecule has 108 valence electrons. The van der Waals surface area contributed by atoms with Crippen LogP contribution in [-0.2, 0) is 13.0 Å². The molecule has 1 atom stereocenters. The van der Waals surface area contributed by atoms with Gasteiger partial charge >= 0.3 is 0 Å². The lowest BCUT2D eigenvalue weighted by molar-refractivity contribution is 0.265. The highest BCUT2D eigenvalue weighted by Gasteiger charge is 2.21. The van der Waals surface area contributed by atoms with E-state index >= 15 is 0 Å². The molecule has 3 rings (SSSR count). The second kappa shape index (κ2) is 6.83. The lowest BCUT2D eigenvalue weighted by Gasteiger charge is -2.10. The van der Waals surface area contributed by atoms with E-state index in [0.29, 0.717) is 18.9 Å². The summed E-state index contributed by atoms with van der Waals surface area (Å²) in [6.07, 6.45) is 1.76. The topological polar surface area (TPSA) is 68.2 Å². The molecule has 0 aliphatic carbocycles. The van der Waals surface area contributed by atoms with E-state index in [-0.39, 0.29) is 18.4 Å². The monoisotopic (exact) mass is 294 g/mol. The van der Waals surface area contributed by atoms with Crippen LogP contribution in [0.2, 0.25) is 0 Å². The number of nitrogens with zero attached hydrogens (tertiary/aromatic N) is 3. The summed E-state index contributed by atoms with van der Waals surface area (Å²) >= 11 is 0. The lowest BCUT2D eigenvalue weighted by Crippen LogP contribution is -2.26. The second-order valence-electron chi connectivity index (χ2n) is 5.05. The van der Waals surface area contributed by atoms with E-state index in [4.69, 9.17) is 10.3 Å². The first kappa shape index (κ1) is 15.0. The van der Waals surface area contributed by atoms with E-state index in [1.54, 1.807) is 0 Å². The molecule has 0 bridgehead atoms. The first-order chi connectivity index (χ1) is 9.29. The van der Waals surface area contributed by atoms with E-state index in [2.05, 4.69) is 27.2 Å². The molecule has 1 aliphatic rings. The molecule has 1 saturated heterocycles. The normalized spacial score (nSPS) is 18.9. The Morgan fingerprint density at radius 2 is 2.10 bits per heavy atom. The largest absolute Gasteiger partial charge is 0.338 e. The van der Waals surface area contributed by atoms with Crippen molar-refractivity contribution in [1.82, 2.24) is 15.0 Å². The Morgan fingerprint density at radius 3 is 2.80 bits per heavy atom. The van der Waals surface area contributed by atoms with Crippen LogP contribution in [0, 0.1) is 0 Å². The van der Waals surface area contributed by atoms with E-state index < -0.39 is 0 Å². The van der Waals surface area contributed by atoms with Gasteiger partial charge in [-0.25, -0.2) is 0 Å². The smallest absolute Gasteiger partial charge is 0.240 e. The Hall–Kier alpha value is -1.43. The van der Waals surface area contributed by atoms with Gasteiger partial charge in [0.05, 0.1) is 6.54 Å². The van der Waals surface area contributed by atoms with Gasteiger partial charge in [0.1, 0.15) is 0 Å². The summed E-state index contributed by atoms with van der Waals surface area (Å²) < 4.78 is 5.29. The number of nitrogens with two attached hydrogens (primary N) is 1. The molecule has 6 heteroatoms. The number of halogens is 1. The minimum atomic E-state index is 0. The van der Waals surface area contributed by atoms with Crippen molar-refractivity contribution in [2.75, 3.05) is 13.1 Å². The predicted molar refractivity (Wildman–Crippen MR) is 78.7 cm³/mol. The fourth-order valence-corrected chi connectivity index (χ4v) is 2.40. The zero-order valence-electron chi connectivity index (χ0n) is 11.2. The zero-order valence-corrected chi connectivity index (χ0v) is 12.1. The van der Waals surface area contributed by atoms with Crippen LogP contribution in [-0.4, -0.2) is 34.2 Å². The summed E-state index contributed by atoms with van der Waals surface area (Å²) in [5.41, 5.74) is 7.07. The molecule has 0 spiro atoms.